The zero-order valence-electron chi connectivity index (χ0n) is 35.2. The van der Waals surface area contributed by atoms with Crippen molar-refractivity contribution in [3.63, 3.8) is 0 Å². The predicted octanol–water partition coefficient (Wildman–Crippen LogP) is 15.8. The molecule has 0 bridgehead atoms. The van der Waals surface area contributed by atoms with Crippen molar-refractivity contribution in [3.05, 3.63) is 236 Å². The van der Waals surface area contributed by atoms with Crippen LogP contribution in [0.2, 0.25) is 0 Å². The number of aromatic nitrogens is 4. The smallest absolute Gasteiger partial charge is 0.212 e. The lowest BCUT2D eigenvalue weighted by Gasteiger charge is -2.19. The maximum atomic E-state index is 16.3. The molecule has 0 aliphatic heterocycles. The highest BCUT2D eigenvalue weighted by Gasteiger charge is 2.25. The highest BCUT2D eigenvalue weighted by atomic mass is 19.1. The standard InChI is InChI=1S/C59H35F2N5/c1-62-52-34-57(65-53-21-10-8-17-43(53)45-31-39(25-29-55(45)65)41-23-27-50(63-35-41)37-13-4-2-5-14-37)47(59-48(60)19-12-20-49(59)61)33-58(52)66-54-22-11-9-18-44(54)46-32-40(26-30-56(46)66)42-24-28-51(64-36-42)38-15-6-3-7-16-38/h2-36H. The van der Waals surface area contributed by atoms with Gasteiger partial charge >= 0.3 is 0 Å². The number of para-hydroxylation sites is 2. The fraction of sp³-hybridized carbons (Fsp3) is 0. The molecule has 66 heavy (non-hydrogen) atoms. The minimum atomic E-state index is -0.703. The summed E-state index contributed by atoms with van der Waals surface area (Å²) in [6.45, 7) is 8.67. The third-order valence-corrected chi connectivity index (χ3v) is 12.6. The van der Waals surface area contributed by atoms with E-state index in [1.807, 2.05) is 143 Å². The quantitative estimate of drug-likeness (QED) is 0.150. The minimum absolute atomic E-state index is 0.174. The third-order valence-electron chi connectivity index (χ3n) is 12.6. The average molecular weight is 852 g/mol. The number of pyridine rings is 2. The van der Waals surface area contributed by atoms with Crippen molar-refractivity contribution in [3.8, 4) is 67.3 Å². The second-order valence-electron chi connectivity index (χ2n) is 16.3. The molecule has 0 radical (unpaired) electrons. The van der Waals surface area contributed by atoms with Crippen LogP contribution in [0.1, 0.15) is 0 Å². The average Bonchev–Trinajstić information content (AvgIpc) is 3.89. The molecule has 0 aliphatic carbocycles. The largest absolute Gasteiger partial charge is 0.319 e. The van der Waals surface area contributed by atoms with Crippen LogP contribution in [0, 0.1) is 18.2 Å². The topological polar surface area (TPSA) is 40.0 Å². The number of fused-ring (bicyclic) bond motifs is 6. The van der Waals surface area contributed by atoms with Crippen LogP contribution in [0.15, 0.2) is 213 Å². The van der Waals surface area contributed by atoms with Crippen molar-refractivity contribution in [1.29, 1.82) is 0 Å². The number of nitrogens with zero attached hydrogens (tertiary/aromatic N) is 5. The first kappa shape index (κ1) is 38.7. The monoisotopic (exact) mass is 851 g/mol. The van der Waals surface area contributed by atoms with E-state index in [1.165, 1.54) is 18.2 Å². The van der Waals surface area contributed by atoms with Gasteiger partial charge in [-0.05, 0) is 83.9 Å². The molecule has 0 aliphatic rings. The normalized spacial score (nSPS) is 11.5. The Morgan fingerprint density at radius 2 is 0.833 bits per heavy atom. The number of rotatable bonds is 7. The Kier molecular flexibility index (Phi) is 9.18. The van der Waals surface area contributed by atoms with Crippen LogP contribution in [-0.4, -0.2) is 19.1 Å². The molecule has 0 amide bonds. The molecule has 8 aromatic carbocycles. The molecule has 7 heteroatoms. The van der Waals surface area contributed by atoms with E-state index in [4.69, 9.17) is 16.5 Å². The Morgan fingerprint density at radius 3 is 1.32 bits per heavy atom. The molecular formula is C59H35F2N5. The van der Waals surface area contributed by atoms with Crippen LogP contribution in [0.5, 0.6) is 0 Å². The van der Waals surface area contributed by atoms with Crippen molar-refractivity contribution < 1.29 is 8.78 Å². The summed E-state index contributed by atoms with van der Waals surface area (Å²) in [6.07, 6.45) is 3.78. The number of hydrogen-bond acceptors (Lipinski definition) is 2. The molecule has 0 N–H and O–H groups in total. The van der Waals surface area contributed by atoms with E-state index in [2.05, 4.69) is 53.4 Å². The predicted molar refractivity (Wildman–Crippen MR) is 264 cm³/mol. The van der Waals surface area contributed by atoms with Gasteiger partial charge < -0.3 is 9.13 Å². The first-order valence-corrected chi connectivity index (χ1v) is 21.6. The summed E-state index contributed by atoms with van der Waals surface area (Å²) >= 11 is 0. The second-order valence-corrected chi connectivity index (χ2v) is 16.3. The van der Waals surface area contributed by atoms with Gasteiger partial charge in [-0.3, -0.25) is 9.97 Å². The number of benzene rings is 8. The molecule has 12 rings (SSSR count). The van der Waals surface area contributed by atoms with E-state index in [0.29, 0.717) is 22.6 Å². The molecule has 310 valence electrons. The lowest BCUT2D eigenvalue weighted by atomic mass is 9.99. The molecule has 5 nitrogen and oxygen atoms in total. The second kappa shape index (κ2) is 15.7. The first-order chi connectivity index (χ1) is 32.5. The Bertz CT molecular complexity index is 3860. The zero-order chi connectivity index (χ0) is 44.3. The van der Waals surface area contributed by atoms with Gasteiger partial charge in [0.15, 0.2) is 0 Å². The summed E-state index contributed by atoms with van der Waals surface area (Å²) in [7, 11) is 0. The fourth-order valence-electron chi connectivity index (χ4n) is 9.49. The molecular weight excluding hydrogens is 817 g/mol. The van der Waals surface area contributed by atoms with Gasteiger partial charge in [-0.15, -0.1) is 0 Å². The van der Waals surface area contributed by atoms with E-state index in [1.54, 1.807) is 12.1 Å². The zero-order valence-corrected chi connectivity index (χ0v) is 35.2. The SMILES string of the molecule is [C-]#[N+]c1cc(-n2c3ccccc3c3cc(-c4ccc(-c5ccccc5)nc4)ccc32)c(-c2c(F)cccc2F)cc1-n1c2ccccc2c2cc(-c3ccc(-c4ccccc4)nc3)ccc21. The van der Waals surface area contributed by atoms with Crippen LogP contribution < -0.4 is 0 Å². The van der Waals surface area contributed by atoms with Crippen molar-refractivity contribution in [2.24, 2.45) is 0 Å². The molecule has 0 saturated heterocycles. The maximum absolute atomic E-state index is 16.3. The van der Waals surface area contributed by atoms with E-state index < -0.39 is 11.6 Å². The van der Waals surface area contributed by atoms with Crippen molar-refractivity contribution >= 4 is 49.3 Å². The van der Waals surface area contributed by atoms with Gasteiger partial charge in [-0.2, -0.15) is 0 Å². The lowest BCUT2D eigenvalue weighted by molar-refractivity contribution is 0.589. The van der Waals surface area contributed by atoms with Gasteiger partial charge in [0.1, 0.15) is 11.6 Å². The van der Waals surface area contributed by atoms with Crippen LogP contribution in [0.3, 0.4) is 0 Å². The molecule has 4 aromatic heterocycles. The summed E-state index contributed by atoms with van der Waals surface area (Å²) in [6, 6.07) is 64.4. The minimum Gasteiger partial charge on any atom is -0.319 e. The molecule has 12 aromatic rings. The van der Waals surface area contributed by atoms with Gasteiger partial charge in [0, 0.05) is 67.4 Å². The molecule has 0 saturated carbocycles. The number of hydrogen-bond donors (Lipinski definition) is 0. The molecule has 0 unspecified atom stereocenters. The van der Waals surface area contributed by atoms with Crippen molar-refractivity contribution in [1.82, 2.24) is 19.1 Å². The van der Waals surface area contributed by atoms with Crippen LogP contribution in [0.4, 0.5) is 14.5 Å². The molecule has 0 atom stereocenters. The lowest BCUT2D eigenvalue weighted by Crippen LogP contribution is -2.03. The third kappa shape index (κ3) is 6.35. The summed E-state index contributed by atoms with van der Waals surface area (Å²) in [5.74, 6) is -1.41. The number of halogens is 2. The van der Waals surface area contributed by atoms with Gasteiger partial charge in [0.25, 0.3) is 0 Å². The van der Waals surface area contributed by atoms with E-state index in [-0.39, 0.29) is 5.56 Å². The van der Waals surface area contributed by atoms with Crippen LogP contribution >= 0.6 is 0 Å². The summed E-state index contributed by atoms with van der Waals surface area (Å²) < 4.78 is 36.7. The first-order valence-electron chi connectivity index (χ1n) is 21.6. The molecule has 0 spiro atoms. The molecule has 0 fully saturated rings. The van der Waals surface area contributed by atoms with E-state index in [0.717, 1.165) is 88.4 Å². The van der Waals surface area contributed by atoms with E-state index in [9.17, 15) is 0 Å². The van der Waals surface area contributed by atoms with E-state index >= 15 is 8.78 Å². The van der Waals surface area contributed by atoms with Gasteiger partial charge in [0.05, 0.1) is 51.3 Å². The maximum Gasteiger partial charge on any atom is 0.212 e. The highest BCUT2D eigenvalue weighted by molar-refractivity contribution is 6.13. The van der Waals surface area contributed by atoms with Gasteiger partial charge in [-0.25, -0.2) is 13.6 Å². The summed E-state index contributed by atoms with van der Waals surface area (Å²) in [4.78, 5) is 13.7. The van der Waals surface area contributed by atoms with Crippen molar-refractivity contribution in [2.75, 3.05) is 0 Å². The summed E-state index contributed by atoms with van der Waals surface area (Å²) in [5, 5.41) is 3.85. The van der Waals surface area contributed by atoms with Gasteiger partial charge in [-0.1, -0.05) is 127 Å². The highest BCUT2D eigenvalue weighted by Crippen LogP contribution is 2.45. The molecule has 4 heterocycles. The Morgan fingerprint density at radius 1 is 0.379 bits per heavy atom. The Labute approximate surface area is 378 Å². The van der Waals surface area contributed by atoms with Gasteiger partial charge in [0.2, 0.25) is 5.69 Å². The Balaban J connectivity index is 1.05. The Hall–Kier alpha value is -8.99. The van der Waals surface area contributed by atoms with Crippen LogP contribution in [0.25, 0.3) is 116 Å². The van der Waals surface area contributed by atoms with Crippen LogP contribution in [-0.2, 0) is 0 Å². The van der Waals surface area contributed by atoms with Crippen molar-refractivity contribution in [2.45, 2.75) is 0 Å². The fourth-order valence-corrected chi connectivity index (χ4v) is 9.49. The summed E-state index contributed by atoms with van der Waals surface area (Å²) in [5.41, 5.74) is 12.6.